The summed E-state index contributed by atoms with van der Waals surface area (Å²) < 4.78 is 43.2. The van der Waals surface area contributed by atoms with Crippen molar-refractivity contribution < 1.29 is 22.5 Å². The van der Waals surface area contributed by atoms with Crippen LogP contribution >= 0.6 is 8.81 Å². The highest BCUT2D eigenvalue weighted by atomic mass is 31.1. The van der Waals surface area contributed by atoms with Crippen LogP contribution in [0.15, 0.2) is 91.0 Å². The summed E-state index contributed by atoms with van der Waals surface area (Å²) >= 11 is 0. The van der Waals surface area contributed by atoms with Gasteiger partial charge in [0.2, 0.25) is 0 Å². The van der Waals surface area contributed by atoms with Crippen LogP contribution in [0.5, 0.6) is 0 Å². The first-order valence-corrected chi connectivity index (χ1v) is 9.53. The summed E-state index contributed by atoms with van der Waals surface area (Å²) in [5.74, 6) is -2.17. The molecule has 1 unspecified atom stereocenters. The number of carbonyl (C=O) groups is 1. The molecule has 1 atom stereocenters. The molecule has 0 aromatic heterocycles. The Morgan fingerprint density at radius 3 is 1.61 bits per heavy atom. The molecule has 0 heterocycles. The molecular formula is C22H18F3O2P. The number of alkyl halides is 3. The van der Waals surface area contributed by atoms with E-state index in [0.717, 1.165) is 16.7 Å². The maximum atomic E-state index is 12.8. The lowest BCUT2D eigenvalue weighted by atomic mass is 9.85. The third-order valence-electron chi connectivity index (χ3n) is 4.39. The second-order valence-corrected chi connectivity index (χ2v) is 7.55. The van der Waals surface area contributed by atoms with Gasteiger partial charge in [0.1, 0.15) is 0 Å². The van der Waals surface area contributed by atoms with E-state index in [0.29, 0.717) is 6.42 Å². The topological polar surface area (TPSA) is 26.3 Å². The van der Waals surface area contributed by atoms with E-state index < -0.39 is 26.1 Å². The first-order chi connectivity index (χ1) is 13.4. The Labute approximate surface area is 163 Å². The molecular weight excluding hydrogens is 384 g/mol. The second kappa shape index (κ2) is 8.57. The van der Waals surface area contributed by atoms with Gasteiger partial charge in [0, 0.05) is 0 Å². The predicted octanol–water partition coefficient (Wildman–Crippen LogP) is 5.87. The van der Waals surface area contributed by atoms with Crippen LogP contribution in [0, 0.1) is 0 Å². The van der Waals surface area contributed by atoms with Crippen LogP contribution in [0.3, 0.4) is 0 Å². The maximum absolute atomic E-state index is 12.8. The molecule has 3 rings (SSSR count). The molecule has 28 heavy (non-hydrogen) atoms. The zero-order chi connectivity index (χ0) is 20.0. The van der Waals surface area contributed by atoms with E-state index in [9.17, 15) is 18.0 Å². The van der Waals surface area contributed by atoms with Crippen molar-refractivity contribution in [1.29, 1.82) is 0 Å². The smallest absolute Gasteiger partial charge is 0.440 e. The first-order valence-electron chi connectivity index (χ1n) is 8.62. The lowest BCUT2D eigenvalue weighted by Crippen LogP contribution is -2.29. The van der Waals surface area contributed by atoms with Gasteiger partial charge in [0.15, 0.2) is 0 Å². The number of hydrogen-bond donors (Lipinski definition) is 0. The quantitative estimate of drug-likeness (QED) is 0.482. The standard InChI is InChI=1S/C22H18F3O2P/c23-22(24,25)20(26)27-28-21(18-12-6-2-7-13-18,19-14-8-3-9-15-19)16-17-10-4-1-5-11-17/h1-15,28H,16H2. The predicted molar refractivity (Wildman–Crippen MR) is 104 cm³/mol. The highest BCUT2D eigenvalue weighted by molar-refractivity contribution is 7.35. The van der Waals surface area contributed by atoms with E-state index in [-0.39, 0.29) is 0 Å². The molecule has 0 saturated carbocycles. The fourth-order valence-electron chi connectivity index (χ4n) is 3.06. The summed E-state index contributed by atoms with van der Waals surface area (Å²) in [5.41, 5.74) is 2.52. The average molecular weight is 402 g/mol. The highest BCUT2D eigenvalue weighted by Crippen LogP contribution is 2.50. The van der Waals surface area contributed by atoms with E-state index in [2.05, 4.69) is 0 Å². The van der Waals surface area contributed by atoms with E-state index in [1.54, 1.807) is 0 Å². The molecule has 0 bridgehead atoms. The van der Waals surface area contributed by atoms with Gasteiger partial charge < -0.3 is 4.52 Å². The van der Waals surface area contributed by atoms with Crippen molar-refractivity contribution in [2.24, 2.45) is 0 Å². The molecule has 0 aliphatic heterocycles. The SMILES string of the molecule is O=C(OPC(Cc1ccccc1)(c1ccccc1)c1ccccc1)C(F)(F)F. The Morgan fingerprint density at radius 1 is 0.750 bits per heavy atom. The van der Waals surface area contributed by atoms with Gasteiger partial charge in [-0.05, 0) is 23.1 Å². The van der Waals surface area contributed by atoms with E-state index in [1.165, 1.54) is 0 Å². The number of carbonyl (C=O) groups excluding carboxylic acids is 1. The Hall–Kier alpha value is -2.65. The molecule has 0 fully saturated rings. The lowest BCUT2D eigenvalue weighted by Gasteiger charge is -2.34. The fourth-order valence-corrected chi connectivity index (χ4v) is 4.29. The minimum absolute atomic E-state index is 0.394. The van der Waals surface area contributed by atoms with Crippen molar-refractivity contribution in [1.82, 2.24) is 0 Å². The van der Waals surface area contributed by atoms with Crippen molar-refractivity contribution in [2.45, 2.75) is 17.8 Å². The normalized spacial score (nSPS) is 12.2. The number of hydrogen-bond acceptors (Lipinski definition) is 2. The van der Waals surface area contributed by atoms with Crippen molar-refractivity contribution in [3.05, 3.63) is 108 Å². The van der Waals surface area contributed by atoms with E-state index >= 15 is 0 Å². The van der Waals surface area contributed by atoms with Crippen molar-refractivity contribution in [3.63, 3.8) is 0 Å². The van der Waals surface area contributed by atoms with Crippen molar-refractivity contribution in [2.75, 3.05) is 0 Å². The molecule has 0 aliphatic rings. The Balaban J connectivity index is 2.10. The van der Waals surface area contributed by atoms with Gasteiger partial charge in [-0.2, -0.15) is 13.2 Å². The Morgan fingerprint density at radius 2 is 1.18 bits per heavy atom. The van der Waals surface area contributed by atoms with Crippen LogP contribution in [0.25, 0.3) is 0 Å². The van der Waals surface area contributed by atoms with Crippen LogP contribution in [0.4, 0.5) is 13.2 Å². The highest BCUT2D eigenvalue weighted by Gasteiger charge is 2.44. The molecule has 0 spiro atoms. The monoisotopic (exact) mass is 402 g/mol. The van der Waals surface area contributed by atoms with Crippen molar-refractivity contribution in [3.8, 4) is 0 Å². The summed E-state index contributed by atoms with van der Waals surface area (Å²) in [6, 6.07) is 27.9. The van der Waals surface area contributed by atoms with Gasteiger partial charge >= 0.3 is 12.1 Å². The third kappa shape index (κ3) is 4.60. The van der Waals surface area contributed by atoms with Crippen molar-refractivity contribution >= 4 is 14.8 Å². The lowest BCUT2D eigenvalue weighted by molar-refractivity contribution is -0.188. The zero-order valence-electron chi connectivity index (χ0n) is 14.8. The molecule has 0 saturated heterocycles. The number of halogens is 3. The van der Waals surface area contributed by atoms with E-state index in [4.69, 9.17) is 4.52 Å². The molecule has 2 nitrogen and oxygen atoms in total. The summed E-state index contributed by atoms with van der Waals surface area (Å²) in [6.07, 6.45) is -4.63. The fraction of sp³-hybridized carbons (Fsp3) is 0.136. The molecule has 0 radical (unpaired) electrons. The Bertz CT molecular complexity index is 858. The van der Waals surface area contributed by atoms with Gasteiger partial charge in [-0.3, -0.25) is 0 Å². The molecule has 0 N–H and O–H groups in total. The Kier molecular flexibility index (Phi) is 6.15. The third-order valence-corrected chi connectivity index (χ3v) is 5.78. The van der Waals surface area contributed by atoms with Gasteiger partial charge in [-0.25, -0.2) is 4.79 Å². The average Bonchev–Trinajstić information content (AvgIpc) is 2.72. The minimum atomic E-state index is -5.03. The molecule has 3 aromatic rings. The molecule has 3 aromatic carbocycles. The maximum Gasteiger partial charge on any atom is 0.491 e. The van der Waals surface area contributed by atoms with Crippen LogP contribution in [-0.2, 0) is 20.9 Å². The van der Waals surface area contributed by atoms with Gasteiger partial charge in [0.25, 0.3) is 0 Å². The molecule has 144 valence electrons. The summed E-state index contributed by atoms with van der Waals surface area (Å²) in [4.78, 5) is 11.5. The summed E-state index contributed by atoms with van der Waals surface area (Å²) in [7, 11) is -0.742. The summed E-state index contributed by atoms with van der Waals surface area (Å²) in [5, 5.41) is -0.926. The minimum Gasteiger partial charge on any atom is -0.440 e. The molecule has 0 amide bonds. The van der Waals surface area contributed by atoms with Crippen LogP contribution in [0.1, 0.15) is 16.7 Å². The van der Waals surface area contributed by atoms with Crippen LogP contribution < -0.4 is 0 Å². The van der Waals surface area contributed by atoms with Crippen LogP contribution in [-0.4, -0.2) is 12.1 Å². The largest absolute Gasteiger partial charge is 0.491 e. The van der Waals surface area contributed by atoms with Gasteiger partial charge in [-0.1, -0.05) is 91.0 Å². The second-order valence-electron chi connectivity index (χ2n) is 6.29. The van der Waals surface area contributed by atoms with Crippen LogP contribution in [0.2, 0.25) is 0 Å². The molecule has 0 aliphatic carbocycles. The summed E-state index contributed by atoms with van der Waals surface area (Å²) in [6.45, 7) is 0. The first kappa shape index (κ1) is 20.1. The number of rotatable bonds is 6. The zero-order valence-corrected chi connectivity index (χ0v) is 15.8. The van der Waals surface area contributed by atoms with E-state index in [1.807, 2.05) is 91.0 Å². The molecule has 6 heteroatoms. The van der Waals surface area contributed by atoms with Gasteiger partial charge in [-0.15, -0.1) is 0 Å². The number of benzene rings is 3. The van der Waals surface area contributed by atoms with Gasteiger partial charge in [0.05, 0.1) is 14.0 Å².